The van der Waals surface area contributed by atoms with E-state index in [0.717, 1.165) is 42.5 Å². The van der Waals surface area contributed by atoms with Crippen molar-refractivity contribution in [3.05, 3.63) is 41.2 Å². The van der Waals surface area contributed by atoms with E-state index >= 15 is 0 Å². The van der Waals surface area contributed by atoms with Crippen molar-refractivity contribution in [3.8, 4) is 5.75 Å². The highest BCUT2D eigenvalue weighted by atomic mass is 127. The lowest BCUT2D eigenvalue weighted by Crippen LogP contribution is -2.44. The van der Waals surface area contributed by atoms with E-state index < -0.39 is 0 Å². The number of aromatic nitrogens is 2. The summed E-state index contributed by atoms with van der Waals surface area (Å²) in [5.41, 5.74) is 2.15. The molecule has 148 valence electrons. The van der Waals surface area contributed by atoms with Crippen LogP contribution in [0.4, 0.5) is 5.69 Å². The van der Waals surface area contributed by atoms with Crippen LogP contribution < -0.4 is 20.3 Å². The third-order valence-corrected chi connectivity index (χ3v) is 4.69. The van der Waals surface area contributed by atoms with Crippen molar-refractivity contribution < 1.29 is 4.74 Å². The standard InChI is InChI=1S/C18H25ClN6O.HI/c1-20-18(21-9-13-10-22-24(2)11-13)23-15-6-7-25(12-15)16-8-14(19)4-5-17(16)26-3;/h4-5,8,10-11,15H,6-7,9,12H2,1-3H3,(H2,20,21,23);1H. The van der Waals surface area contributed by atoms with Gasteiger partial charge in [-0.05, 0) is 24.6 Å². The van der Waals surface area contributed by atoms with Crippen molar-refractivity contribution in [3.63, 3.8) is 0 Å². The predicted octanol–water partition coefficient (Wildman–Crippen LogP) is 2.64. The zero-order valence-electron chi connectivity index (χ0n) is 15.8. The highest BCUT2D eigenvalue weighted by Crippen LogP contribution is 2.33. The van der Waals surface area contributed by atoms with Crippen LogP contribution in [0, 0.1) is 0 Å². The van der Waals surface area contributed by atoms with E-state index in [4.69, 9.17) is 16.3 Å². The summed E-state index contributed by atoms with van der Waals surface area (Å²) < 4.78 is 7.27. The number of nitrogens with one attached hydrogen (secondary N) is 2. The Morgan fingerprint density at radius 1 is 1.44 bits per heavy atom. The van der Waals surface area contributed by atoms with Gasteiger partial charge in [0, 0.05) is 56.6 Å². The van der Waals surface area contributed by atoms with Crippen molar-refractivity contribution in [2.45, 2.75) is 19.0 Å². The Balaban J connectivity index is 0.00000261. The Hall–Kier alpha value is -1.68. The highest BCUT2D eigenvalue weighted by Gasteiger charge is 2.25. The highest BCUT2D eigenvalue weighted by molar-refractivity contribution is 14.0. The first-order valence-electron chi connectivity index (χ1n) is 8.62. The molecule has 2 aromatic rings. The van der Waals surface area contributed by atoms with Crippen molar-refractivity contribution in [1.82, 2.24) is 20.4 Å². The normalized spacial score (nSPS) is 16.8. The van der Waals surface area contributed by atoms with E-state index in [1.165, 1.54) is 0 Å². The predicted molar refractivity (Wildman–Crippen MR) is 121 cm³/mol. The van der Waals surface area contributed by atoms with E-state index in [1.54, 1.807) is 18.8 Å². The van der Waals surface area contributed by atoms with Gasteiger partial charge in [0.25, 0.3) is 0 Å². The zero-order valence-corrected chi connectivity index (χ0v) is 18.9. The molecule has 3 rings (SSSR count). The molecule has 1 aromatic carbocycles. The number of benzene rings is 1. The van der Waals surface area contributed by atoms with Gasteiger partial charge < -0.3 is 20.3 Å². The summed E-state index contributed by atoms with van der Waals surface area (Å²) in [6.45, 7) is 2.49. The molecule has 9 heteroatoms. The van der Waals surface area contributed by atoms with Crippen LogP contribution in [0.3, 0.4) is 0 Å². The zero-order chi connectivity index (χ0) is 18.5. The van der Waals surface area contributed by atoms with Gasteiger partial charge in [-0.2, -0.15) is 5.10 Å². The summed E-state index contributed by atoms with van der Waals surface area (Å²) in [5.74, 6) is 1.63. The molecular weight excluding hydrogens is 479 g/mol. The average molecular weight is 505 g/mol. The molecule has 0 spiro atoms. The van der Waals surface area contributed by atoms with Crippen molar-refractivity contribution >= 4 is 47.2 Å². The molecule has 1 aliphatic heterocycles. The van der Waals surface area contributed by atoms with Crippen LogP contribution in [0.5, 0.6) is 5.75 Å². The van der Waals surface area contributed by atoms with E-state index in [0.29, 0.717) is 17.6 Å². The summed E-state index contributed by atoms with van der Waals surface area (Å²) in [5, 5.41) is 11.7. The second-order valence-electron chi connectivity index (χ2n) is 6.34. The number of hydrogen-bond acceptors (Lipinski definition) is 4. The molecule has 0 bridgehead atoms. The molecule has 7 nitrogen and oxygen atoms in total. The first kappa shape index (κ1) is 21.6. The maximum atomic E-state index is 6.16. The molecule has 1 fully saturated rings. The smallest absolute Gasteiger partial charge is 0.191 e. The van der Waals surface area contributed by atoms with Crippen molar-refractivity contribution in [2.75, 3.05) is 32.1 Å². The summed E-state index contributed by atoms with van der Waals surface area (Å²) in [6.07, 6.45) is 4.86. The number of rotatable bonds is 5. The fourth-order valence-corrected chi connectivity index (χ4v) is 3.31. The quantitative estimate of drug-likeness (QED) is 0.372. The number of nitrogens with zero attached hydrogens (tertiary/aromatic N) is 4. The number of anilines is 1. The Kier molecular flexibility index (Phi) is 8.03. The number of aliphatic imine (C=N–C) groups is 1. The summed E-state index contributed by atoms with van der Waals surface area (Å²) in [7, 11) is 5.38. The van der Waals surface area contributed by atoms with Gasteiger partial charge in [0.1, 0.15) is 5.75 Å². The molecular formula is C18H26ClIN6O. The van der Waals surface area contributed by atoms with Crippen molar-refractivity contribution in [2.24, 2.45) is 12.0 Å². The minimum absolute atomic E-state index is 0. The summed E-state index contributed by atoms with van der Waals surface area (Å²) in [4.78, 5) is 6.61. The molecule has 1 atom stereocenters. The van der Waals surface area contributed by atoms with Gasteiger partial charge in [0.05, 0.1) is 19.0 Å². The molecule has 1 unspecified atom stereocenters. The maximum Gasteiger partial charge on any atom is 0.191 e. The van der Waals surface area contributed by atoms with Crippen LogP contribution in [0.15, 0.2) is 35.6 Å². The number of aryl methyl sites for hydroxylation is 1. The Bertz CT molecular complexity index is 781. The van der Waals surface area contributed by atoms with Gasteiger partial charge in [-0.25, -0.2) is 0 Å². The van der Waals surface area contributed by atoms with E-state index in [2.05, 4.69) is 25.6 Å². The van der Waals surface area contributed by atoms with Crippen LogP contribution in [0.2, 0.25) is 5.02 Å². The lowest BCUT2D eigenvalue weighted by atomic mass is 10.2. The van der Waals surface area contributed by atoms with Crippen LogP contribution in [0.25, 0.3) is 0 Å². The molecule has 1 aromatic heterocycles. The Morgan fingerprint density at radius 3 is 2.93 bits per heavy atom. The van der Waals surface area contributed by atoms with Gasteiger partial charge in [-0.1, -0.05) is 11.6 Å². The van der Waals surface area contributed by atoms with Crippen LogP contribution >= 0.6 is 35.6 Å². The molecule has 2 N–H and O–H groups in total. The minimum atomic E-state index is 0. The lowest BCUT2D eigenvalue weighted by Gasteiger charge is -2.22. The molecule has 0 radical (unpaired) electrons. The average Bonchev–Trinajstić information content (AvgIpc) is 3.27. The molecule has 1 aliphatic rings. The summed E-state index contributed by atoms with van der Waals surface area (Å²) in [6, 6.07) is 6.02. The molecule has 0 saturated carbocycles. The molecule has 0 aliphatic carbocycles. The van der Waals surface area contributed by atoms with Crippen LogP contribution in [-0.4, -0.2) is 49.0 Å². The fourth-order valence-electron chi connectivity index (χ4n) is 3.14. The van der Waals surface area contributed by atoms with E-state index in [1.807, 2.05) is 37.6 Å². The topological polar surface area (TPSA) is 66.7 Å². The first-order chi connectivity index (χ1) is 12.6. The van der Waals surface area contributed by atoms with E-state index in [9.17, 15) is 0 Å². The Morgan fingerprint density at radius 2 is 2.26 bits per heavy atom. The molecule has 0 amide bonds. The molecule has 27 heavy (non-hydrogen) atoms. The molecule has 1 saturated heterocycles. The lowest BCUT2D eigenvalue weighted by molar-refractivity contribution is 0.415. The second-order valence-corrected chi connectivity index (χ2v) is 6.78. The third kappa shape index (κ3) is 5.65. The number of guanidine groups is 1. The van der Waals surface area contributed by atoms with Gasteiger partial charge >= 0.3 is 0 Å². The number of halogens is 2. The Labute approximate surface area is 182 Å². The van der Waals surface area contributed by atoms with Crippen molar-refractivity contribution in [1.29, 1.82) is 0 Å². The van der Waals surface area contributed by atoms with Gasteiger partial charge in [-0.15, -0.1) is 24.0 Å². The van der Waals surface area contributed by atoms with E-state index in [-0.39, 0.29) is 24.0 Å². The second kappa shape index (κ2) is 10.0. The van der Waals surface area contributed by atoms with Crippen LogP contribution in [-0.2, 0) is 13.6 Å². The first-order valence-corrected chi connectivity index (χ1v) is 9.00. The van der Waals surface area contributed by atoms with Gasteiger partial charge in [-0.3, -0.25) is 9.67 Å². The number of hydrogen-bond donors (Lipinski definition) is 2. The van der Waals surface area contributed by atoms with Gasteiger partial charge in [0.2, 0.25) is 0 Å². The third-order valence-electron chi connectivity index (χ3n) is 4.45. The SMILES string of the molecule is CN=C(NCc1cnn(C)c1)NC1CCN(c2cc(Cl)ccc2OC)C1.I. The summed E-state index contributed by atoms with van der Waals surface area (Å²) >= 11 is 6.16. The van der Waals surface area contributed by atoms with Gasteiger partial charge in [0.15, 0.2) is 5.96 Å². The fraction of sp³-hybridized carbons (Fsp3) is 0.444. The maximum absolute atomic E-state index is 6.16. The number of ether oxygens (including phenoxy) is 1. The monoisotopic (exact) mass is 504 g/mol. The largest absolute Gasteiger partial charge is 0.495 e. The van der Waals surface area contributed by atoms with Crippen LogP contribution in [0.1, 0.15) is 12.0 Å². The minimum Gasteiger partial charge on any atom is -0.495 e. The number of methoxy groups -OCH3 is 1. The molecule has 2 heterocycles.